The normalized spacial score (nSPS) is 31.4. The van der Waals surface area contributed by atoms with E-state index < -0.39 is 44.3 Å². The maximum atomic E-state index is 14.2. The van der Waals surface area contributed by atoms with E-state index >= 15 is 0 Å². The van der Waals surface area contributed by atoms with E-state index in [4.69, 9.17) is 9.47 Å². The van der Waals surface area contributed by atoms with Crippen LogP contribution in [0.25, 0.3) is 10.8 Å². The molecule has 2 aliphatic carbocycles. The predicted molar refractivity (Wildman–Crippen MR) is 177 cm³/mol. The van der Waals surface area contributed by atoms with E-state index in [2.05, 4.69) is 28.9 Å². The number of benzene rings is 1. The number of carbonyl (C=O) groups is 3. The second-order valence-electron chi connectivity index (χ2n) is 14.2. The standard InChI is InChI=1S/C35H46N4O7S/c1-5-23-16-22(2)10-6-7-11-24-19-35(24,33(42)38-47(43,44)34(3)14-15-34)37-31(41)28-18-25(21-39(28)30(40)17-23)46-32-27-13-9-8-12-26(27)29(45-4)20-36-32/h7-9,11-13,20,22-25,28H,5-6,10,14-19,21H2,1-4H3,(H,37,41)(H,38,42)/b11-7-/t22-,23+,24+,25+,28-,35+/m0/s1. The smallest absolute Gasteiger partial charge is 0.259 e. The molecule has 3 heterocycles. The molecule has 47 heavy (non-hydrogen) atoms. The number of hydrogen-bond acceptors (Lipinski definition) is 8. The van der Waals surface area contributed by atoms with Crippen LogP contribution in [0.2, 0.25) is 0 Å². The zero-order chi connectivity index (χ0) is 33.6. The number of pyridine rings is 1. The predicted octanol–water partition coefficient (Wildman–Crippen LogP) is 4.26. The third-order valence-corrected chi connectivity index (χ3v) is 12.8. The van der Waals surface area contributed by atoms with Gasteiger partial charge in [-0.1, -0.05) is 50.6 Å². The summed E-state index contributed by atoms with van der Waals surface area (Å²) in [4.78, 5) is 47.9. The fourth-order valence-corrected chi connectivity index (χ4v) is 8.43. The molecule has 11 nitrogen and oxygen atoms in total. The topological polar surface area (TPSA) is 144 Å². The molecule has 6 atom stereocenters. The Balaban J connectivity index is 1.29. The minimum Gasteiger partial charge on any atom is -0.494 e. The van der Waals surface area contributed by atoms with Gasteiger partial charge in [0.1, 0.15) is 23.4 Å². The Morgan fingerprint density at radius 1 is 1.17 bits per heavy atom. The van der Waals surface area contributed by atoms with Gasteiger partial charge in [-0.15, -0.1) is 0 Å². The first-order valence-corrected chi connectivity index (χ1v) is 18.3. The van der Waals surface area contributed by atoms with Crippen molar-refractivity contribution in [3.05, 3.63) is 42.6 Å². The lowest BCUT2D eigenvalue weighted by Gasteiger charge is -2.28. The summed E-state index contributed by atoms with van der Waals surface area (Å²) >= 11 is 0. The lowest BCUT2D eigenvalue weighted by Crippen LogP contribution is -2.57. The first kappa shape index (κ1) is 33.2. The third kappa shape index (κ3) is 6.58. The van der Waals surface area contributed by atoms with Gasteiger partial charge in [-0.3, -0.25) is 19.1 Å². The molecule has 1 aromatic heterocycles. The van der Waals surface area contributed by atoms with Crippen LogP contribution in [-0.2, 0) is 24.4 Å². The number of fused-ring (bicyclic) bond motifs is 3. The number of allylic oxidation sites excluding steroid dienone is 1. The van der Waals surface area contributed by atoms with Crippen molar-refractivity contribution in [1.82, 2.24) is 19.9 Å². The van der Waals surface area contributed by atoms with Gasteiger partial charge in [0.25, 0.3) is 5.91 Å². The molecule has 2 saturated carbocycles. The number of carbonyl (C=O) groups excluding carboxylic acids is 3. The number of hydrogen-bond donors (Lipinski definition) is 2. The van der Waals surface area contributed by atoms with Crippen LogP contribution in [0.3, 0.4) is 0 Å². The molecule has 6 rings (SSSR count). The molecule has 3 amide bonds. The van der Waals surface area contributed by atoms with Crippen molar-refractivity contribution in [1.29, 1.82) is 0 Å². The van der Waals surface area contributed by atoms with Crippen LogP contribution in [0.15, 0.2) is 42.6 Å². The maximum absolute atomic E-state index is 14.2. The van der Waals surface area contributed by atoms with Crippen molar-refractivity contribution in [2.24, 2.45) is 17.8 Å². The molecule has 0 bridgehead atoms. The largest absolute Gasteiger partial charge is 0.494 e. The lowest BCUT2D eigenvalue weighted by atomic mass is 9.88. The number of ether oxygens (including phenoxy) is 2. The van der Waals surface area contributed by atoms with Crippen LogP contribution in [0, 0.1) is 17.8 Å². The number of sulfonamides is 1. The van der Waals surface area contributed by atoms with Crippen LogP contribution >= 0.6 is 0 Å². The van der Waals surface area contributed by atoms with Gasteiger partial charge < -0.3 is 19.7 Å². The average Bonchev–Trinajstić information content (AvgIpc) is 3.92. The van der Waals surface area contributed by atoms with Crippen molar-refractivity contribution in [2.75, 3.05) is 13.7 Å². The Labute approximate surface area is 276 Å². The number of nitrogens with zero attached hydrogens (tertiary/aromatic N) is 2. The van der Waals surface area contributed by atoms with Crippen molar-refractivity contribution < 1.29 is 32.3 Å². The molecule has 4 aliphatic rings. The van der Waals surface area contributed by atoms with Crippen LogP contribution in [0.4, 0.5) is 0 Å². The van der Waals surface area contributed by atoms with Gasteiger partial charge in [-0.25, -0.2) is 13.4 Å². The molecule has 0 unspecified atom stereocenters. The molecule has 2 aliphatic heterocycles. The molecule has 12 heteroatoms. The van der Waals surface area contributed by atoms with Crippen LogP contribution in [0.5, 0.6) is 11.6 Å². The third-order valence-electron chi connectivity index (χ3n) is 10.7. The zero-order valence-corrected chi connectivity index (χ0v) is 28.5. The molecule has 3 fully saturated rings. The average molecular weight is 667 g/mol. The van der Waals surface area contributed by atoms with E-state index in [-0.39, 0.29) is 37.1 Å². The van der Waals surface area contributed by atoms with Gasteiger partial charge >= 0.3 is 0 Å². The highest BCUT2D eigenvalue weighted by Gasteiger charge is 2.63. The summed E-state index contributed by atoms with van der Waals surface area (Å²) in [7, 11) is -2.34. The minimum atomic E-state index is -3.91. The summed E-state index contributed by atoms with van der Waals surface area (Å²) in [6.45, 7) is 6.08. The lowest BCUT2D eigenvalue weighted by molar-refractivity contribution is -0.140. The fourth-order valence-electron chi connectivity index (χ4n) is 7.11. The number of methoxy groups -OCH3 is 1. The molecule has 0 spiro atoms. The van der Waals surface area contributed by atoms with Crippen molar-refractivity contribution in [2.45, 2.75) is 101 Å². The SMILES string of the molecule is CC[C@H]1CC(=O)N2C[C@H](Oc3ncc(OC)c4ccccc34)C[C@H]2C(=O)N[C@]2(C(=O)NS(=O)(=O)C3(C)CC3)C[C@H]2/C=C\CC[C@H](C)C1. The molecule has 2 aromatic rings. The maximum Gasteiger partial charge on any atom is 0.259 e. The molecule has 254 valence electrons. The summed E-state index contributed by atoms with van der Waals surface area (Å²) in [6, 6.07) is 6.69. The first-order chi connectivity index (χ1) is 22.4. The summed E-state index contributed by atoms with van der Waals surface area (Å²) < 4.78 is 39.3. The van der Waals surface area contributed by atoms with Crippen molar-refractivity contribution in [3.8, 4) is 11.6 Å². The van der Waals surface area contributed by atoms with E-state index in [1.54, 1.807) is 25.1 Å². The minimum absolute atomic E-state index is 0.133. The Morgan fingerprint density at radius 3 is 2.62 bits per heavy atom. The molecule has 0 radical (unpaired) electrons. The van der Waals surface area contributed by atoms with Crippen LogP contribution in [0.1, 0.15) is 78.6 Å². The van der Waals surface area contributed by atoms with Crippen LogP contribution < -0.4 is 19.5 Å². The highest BCUT2D eigenvalue weighted by atomic mass is 32.2. The Bertz CT molecular complexity index is 1690. The summed E-state index contributed by atoms with van der Waals surface area (Å²) in [5.41, 5.74) is -1.41. The quantitative estimate of drug-likeness (QED) is 0.418. The molecule has 1 aromatic carbocycles. The second-order valence-corrected chi connectivity index (χ2v) is 16.4. The Morgan fingerprint density at radius 2 is 1.91 bits per heavy atom. The number of rotatable bonds is 7. The number of amides is 3. The Kier molecular flexibility index (Phi) is 9.01. The van der Waals surface area contributed by atoms with Crippen molar-refractivity contribution in [3.63, 3.8) is 0 Å². The number of aromatic nitrogens is 1. The summed E-state index contributed by atoms with van der Waals surface area (Å²) in [5.74, 6) is -0.166. The van der Waals surface area contributed by atoms with Gasteiger partial charge in [-0.2, -0.15) is 0 Å². The molecular formula is C35H46N4O7S. The molecule has 2 N–H and O–H groups in total. The van der Waals surface area contributed by atoms with E-state index in [0.29, 0.717) is 36.8 Å². The van der Waals surface area contributed by atoms with Gasteiger partial charge in [0.15, 0.2) is 0 Å². The second kappa shape index (κ2) is 12.7. The van der Waals surface area contributed by atoms with Crippen molar-refractivity contribution >= 4 is 38.5 Å². The summed E-state index contributed by atoms with van der Waals surface area (Å²) in [6.07, 6.45) is 10.2. The van der Waals surface area contributed by atoms with Gasteiger partial charge in [0, 0.05) is 29.5 Å². The van der Waals surface area contributed by atoms with E-state index in [1.807, 2.05) is 36.4 Å². The van der Waals surface area contributed by atoms with E-state index in [9.17, 15) is 22.8 Å². The van der Waals surface area contributed by atoms with E-state index in [1.165, 1.54) is 0 Å². The highest BCUT2D eigenvalue weighted by molar-refractivity contribution is 7.91. The van der Waals surface area contributed by atoms with Gasteiger partial charge in [-0.05, 0) is 63.4 Å². The molecular weight excluding hydrogens is 620 g/mol. The molecule has 1 saturated heterocycles. The van der Waals surface area contributed by atoms with Crippen LogP contribution in [-0.4, -0.2) is 72.1 Å². The fraction of sp³-hybridized carbons (Fsp3) is 0.600. The van der Waals surface area contributed by atoms with Gasteiger partial charge in [0.05, 0.1) is 24.6 Å². The summed E-state index contributed by atoms with van der Waals surface area (Å²) in [5, 5.41) is 4.52. The van der Waals surface area contributed by atoms with Gasteiger partial charge in [0.2, 0.25) is 27.7 Å². The monoisotopic (exact) mass is 666 g/mol. The number of nitrogens with one attached hydrogen (secondary N) is 2. The highest BCUT2D eigenvalue weighted by Crippen LogP contribution is 2.47. The van der Waals surface area contributed by atoms with E-state index in [0.717, 1.165) is 36.5 Å². The zero-order valence-electron chi connectivity index (χ0n) is 27.7. The Hall–Kier alpha value is -3.67. The first-order valence-electron chi connectivity index (χ1n) is 16.8.